The number of nitrogens with zero attached hydrogens (tertiary/aromatic N) is 1. The van der Waals surface area contributed by atoms with E-state index in [1.807, 2.05) is 0 Å². The van der Waals surface area contributed by atoms with Crippen LogP contribution in [0.1, 0.15) is 27.2 Å². The number of nitro benzene ring substituents is 1. The number of anilines is 2. The Morgan fingerprint density at radius 1 is 1.39 bits per heavy atom. The molecule has 0 saturated carbocycles. The van der Waals surface area contributed by atoms with Crippen molar-refractivity contribution in [3.63, 3.8) is 0 Å². The number of rotatable bonds is 6. The molecule has 0 saturated heterocycles. The van der Waals surface area contributed by atoms with E-state index >= 15 is 0 Å². The van der Waals surface area contributed by atoms with Crippen molar-refractivity contribution in [1.29, 1.82) is 0 Å². The molecule has 6 nitrogen and oxygen atoms in total. The predicted molar refractivity (Wildman–Crippen MR) is 73.4 cm³/mol. The van der Waals surface area contributed by atoms with Gasteiger partial charge in [0.15, 0.2) is 0 Å². The molecule has 1 atom stereocenters. The lowest BCUT2D eigenvalue weighted by atomic mass is 10.0. The van der Waals surface area contributed by atoms with Crippen LogP contribution in [0.25, 0.3) is 0 Å². The number of nitrogen functional groups attached to an aromatic ring is 1. The molecule has 1 aromatic rings. The van der Waals surface area contributed by atoms with Crippen LogP contribution in [0, 0.1) is 16.0 Å². The monoisotopic (exact) mass is 252 g/mol. The SMILES string of the molecule is CCC(Nc1cccc(NN)c1[N+](=O)[O-])C(C)C. The van der Waals surface area contributed by atoms with Gasteiger partial charge in [-0.1, -0.05) is 26.8 Å². The predicted octanol–water partition coefficient (Wildman–Crippen LogP) is 2.73. The van der Waals surface area contributed by atoms with E-state index < -0.39 is 4.92 Å². The number of nitro groups is 1. The van der Waals surface area contributed by atoms with Crippen LogP contribution >= 0.6 is 0 Å². The molecule has 4 N–H and O–H groups in total. The van der Waals surface area contributed by atoms with Crippen LogP contribution < -0.4 is 16.6 Å². The molecule has 18 heavy (non-hydrogen) atoms. The summed E-state index contributed by atoms with van der Waals surface area (Å²) in [5, 5.41) is 14.3. The van der Waals surface area contributed by atoms with E-state index in [0.29, 0.717) is 17.3 Å². The number of para-hydroxylation sites is 1. The fourth-order valence-electron chi connectivity index (χ4n) is 1.91. The summed E-state index contributed by atoms with van der Waals surface area (Å²) >= 11 is 0. The fraction of sp³-hybridized carbons (Fsp3) is 0.500. The second kappa shape index (κ2) is 6.20. The van der Waals surface area contributed by atoms with Crippen LogP contribution in [0.15, 0.2) is 18.2 Å². The van der Waals surface area contributed by atoms with Gasteiger partial charge in [-0.3, -0.25) is 16.0 Å². The minimum absolute atomic E-state index is 0.0147. The Hall–Kier alpha value is -1.82. The standard InChI is InChI=1S/C12H20N4O2/c1-4-9(8(2)3)14-10-6-5-7-11(15-13)12(10)16(17)18/h5-9,14-15H,4,13H2,1-3H3. The lowest BCUT2D eigenvalue weighted by Gasteiger charge is -2.22. The van der Waals surface area contributed by atoms with Crippen LogP contribution in [0.3, 0.4) is 0 Å². The highest BCUT2D eigenvalue weighted by Crippen LogP contribution is 2.33. The molecular weight excluding hydrogens is 232 g/mol. The van der Waals surface area contributed by atoms with Crippen molar-refractivity contribution in [2.45, 2.75) is 33.2 Å². The highest BCUT2D eigenvalue weighted by molar-refractivity contribution is 5.76. The van der Waals surface area contributed by atoms with Crippen molar-refractivity contribution in [2.75, 3.05) is 10.7 Å². The first kappa shape index (κ1) is 14.2. The Labute approximate surface area is 107 Å². The fourth-order valence-corrected chi connectivity index (χ4v) is 1.91. The minimum atomic E-state index is -0.426. The third-order valence-corrected chi connectivity index (χ3v) is 2.96. The van der Waals surface area contributed by atoms with Gasteiger partial charge in [0.2, 0.25) is 0 Å². The van der Waals surface area contributed by atoms with Crippen LogP contribution in [0.4, 0.5) is 17.1 Å². The van der Waals surface area contributed by atoms with Gasteiger partial charge in [-0.25, -0.2) is 0 Å². The Morgan fingerprint density at radius 3 is 2.44 bits per heavy atom. The van der Waals surface area contributed by atoms with E-state index in [1.165, 1.54) is 0 Å². The molecule has 0 heterocycles. The molecule has 100 valence electrons. The number of hydrogen-bond acceptors (Lipinski definition) is 5. The van der Waals surface area contributed by atoms with Gasteiger partial charge in [0.25, 0.3) is 0 Å². The summed E-state index contributed by atoms with van der Waals surface area (Å²) in [6.45, 7) is 6.21. The quantitative estimate of drug-likeness (QED) is 0.411. The van der Waals surface area contributed by atoms with Gasteiger partial charge in [0.05, 0.1) is 4.92 Å². The third kappa shape index (κ3) is 3.10. The van der Waals surface area contributed by atoms with Crippen molar-refractivity contribution in [1.82, 2.24) is 0 Å². The number of hydrazine groups is 1. The summed E-state index contributed by atoms with van der Waals surface area (Å²) in [5.74, 6) is 5.69. The van der Waals surface area contributed by atoms with E-state index in [1.54, 1.807) is 18.2 Å². The Balaban J connectivity index is 3.12. The zero-order chi connectivity index (χ0) is 13.7. The molecule has 0 aliphatic heterocycles. The lowest BCUT2D eigenvalue weighted by molar-refractivity contribution is -0.383. The van der Waals surface area contributed by atoms with Gasteiger partial charge < -0.3 is 10.7 Å². The Kier molecular flexibility index (Phi) is 4.91. The molecule has 0 radical (unpaired) electrons. The third-order valence-electron chi connectivity index (χ3n) is 2.96. The minimum Gasteiger partial charge on any atom is -0.376 e. The number of nitrogens with two attached hydrogens (primary N) is 1. The van der Waals surface area contributed by atoms with Gasteiger partial charge in [-0.05, 0) is 24.5 Å². The largest absolute Gasteiger partial charge is 0.376 e. The molecule has 0 fully saturated rings. The van der Waals surface area contributed by atoms with Crippen LogP contribution in [0.5, 0.6) is 0 Å². The summed E-state index contributed by atoms with van der Waals surface area (Å²) in [5.41, 5.74) is 3.15. The van der Waals surface area contributed by atoms with Crippen LogP contribution in [-0.2, 0) is 0 Å². The molecular formula is C12H20N4O2. The number of nitrogens with one attached hydrogen (secondary N) is 2. The highest BCUT2D eigenvalue weighted by atomic mass is 16.6. The van der Waals surface area contributed by atoms with Gasteiger partial charge in [0.1, 0.15) is 11.4 Å². The average molecular weight is 252 g/mol. The van der Waals surface area contributed by atoms with Crippen molar-refractivity contribution in [3.8, 4) is 0 Å². The number of benzene rings is 1. The molecule has 0 spiro atoms. The molecule has 0 bridgehead atoms. The summed E-state index contributed by atoms with van der Waals surface area (Å²) in [6.07, 6.45) is 0.898. The smallest absolute Gasteiger partial charge is 0.316 e. The maximum Gasteiger partial charge on any atom is 0.316 e. The molecule has 1 aromatic carbocycles. The van der Waals surface area contributed by atoms with Gasteiger partial charge in [-0.15, -0.1) is 0 Å². The van der Waals surface area contributed by atoms with E-state index in [9.17, 15) is 10.1 Å². The Bertz CT molecular complexity index is 421. The zero-order valence-electron chi connectivity index (χ0n) is 10.9. The molecule has 1 unspecified atom stereocenters. The van der Waals surface area contributed by atoms with E-state index in [0.717, 1.165) is 6.42 Å². The van der Waals surface area contributed by atoms with Gasteiger partial charge in [-0.2, -0.15) is 0 Å². The van der Waals surface area contributed by atoms with Crippen molar-refractivity contribution >= 4 is 17.1 Å². The van der Waals surface area contributed by atoms with E-state index in [4.69, 9.17) is 5.84 Å². The summed E-state index contributed by atoms with van der Waals surface area (Å²) in [7, 11) is 0. The van der Waals surface area contributed by atoms with E-state index in [2.05, 4.69) is 31.5 Å². The lowest BCUT2D eigenvalue weighted by Crippen LogP contribution is -2.25. The molecule has 6 heteroatoms. The van der Waals surface area contributed by atoms with Gasteiger partial charge >= 0.3 is 5.69 Å². The number of hydrogen-bond donors (Lipinski definition) is 3. The normalized spacial score (nSPS) is 12.3. The molecule has 0 amide bonds. The molecule has 0 aliphatic rings. The van der Waals surface area contributed by atoms with E-state index in [-0.39, 0.29) is 11.7 Å². The highest BCUT2D eigenvalue weighted by Gasteiger charge is 2.21. The first-order valence-corrected chi connectivity index (χ1v) is 6.01. The maximum absolute atomic E-state index is 11.1. The topological polar surface area (TPSA) is 93.2 Å². The van der Waals surface area contributed by atoms with Crippen LogP contribution in [-0.4, -0.2) is 11.0 Å². The second-order valence-electron chi connectivity index (χ2n) is 4.51. The summed E-state index contributed by atoms with van der Waals surface area (Å²) < 4.78 is 0. The summed E-state index contributed by atoms with van der Waals surface area (Å²) in [4.78, 5) is 10.7. The first-order chi connectivity index (χ1) is 8.51. The zero-order valence-corrected chi connectivity index (χ0v) is 10.9. The second-order valence-corrected chi connectivity index (χ2v) is 4.51. The molecule has 0 aliphatic carbocycles. The average Bonchev–Trinajstić information content (AvgIpc) is 2.34. The van der Waals surface area contributed by atoms with Crippen molar-refractivity contribution in [3.05, 3.63) is 28.3 Å². The van der Waals surface area contributed by atoms with Crippen molar-refractivity contribution < 1.29 is 4.92 Å². The van der Waals surface area contributed by atoms with Crippen LogP contribution in [0.2, 0.25) is 0 Å². The van der Waals surface area contributed by atoms with Crippen molar-refractivity contribution in [2.24, 2.45) is 11.8 Å². The first-order valence-electron chi connectivity index (χ1n) is 6.01. The van der Waals surface area contributed by atoms with Gasteiger partial charge in [0, 0.05) is 6.04 Å². The summed E-state index contributed by atoms with van der Waals surface area (Å²) in [6, 6.07) is 5.21. The Morgan fingerprint density at radius 2 is 2.00 bits per heavy atom. The molecule has 0 aromatic heterocycles. The molecule has 1 rings (SSSR count). The maximum atomic E-state index is 11.1.